The average Bonchev–Trinajstić information content (AvgIpc) is 2.25. The lowest BCUT2D eigenvalue weighted by Crippen LogP contribution is -2.40. The topological polar surface area (TPSA) is 38.3 Å². The molecule has 0 spiro atoms. The minimum Gasteiger partial charge on any atom is -0.496 e. The van der Waals surface area contributed by atoms with Crippen LogP contribution >= 0.6 is 11.8 Å². The molecule has 0 atom stereocenters. The number of rotatable bonds is 3. The normalized spacial score (nSPS) is 11.1. The van der Waals surface area contributed by atoms with Crippen molar-refractivity contribution in [2.75, 3.05) is 13.4 Å². The smallest absolute Gasteiger partial charge is 0.255 e. The third-order valence-corrected chi connectivity index (χ3v) is 2.87. The largest absolute Gasteiger partial charge is 0.496 e. The maximum absolute atomic E-state index is 12.0. The molecule has 0 heterocycles. The highest BCUT2D eigenvalue weighted by atomic mass is 32.2. The molecule has 1 rings (SSSR count). The maximum Gasteiger partial charge on any atom is 0.255 e. The number of hydrogen-bond donors (Lipinski definition) is 1. The molecule has 0 radical (unpaired) electrons. The van der Waals surface area contributed by atoms with Gasteiger partial charge in [-0.3, -0.25) is 4.79 Å². The molecular formula is C13H19NO2S. The number of nitrogens with one attached hydrogen (secondary N) is 1. The molecule has 0 unspecified atom stereocenters. The first-order chi connectivity index (χ1) is 7.87. The van der Waals surface area contributed by atoms with E-state index in [1.807, 2.05) is 39.2 Å². The van der Waals surface area contributed by atoms with Crippen LogP contribution in [0.4, 0.5) is 0 Å². The number of benzene rings is 1. The van der Waals surface area contributed by atoms with Crippen molar-refractivity contribution < 1.29 is 9.53 Å². The first kappa shape index (κ1) is 13.9. The van der Waals surface area contributed by atoms with Gasteiger partial charge in [0.25, 0.3) is 5.91 Å². The Morgan fingerprint density at radius 2 is 2.00 bits per heavy atom. The fourth-order valence-electron chi connectivity index (χ4n) is 1.39. The van der Waals surface area contributed by atoms with Crippen LogP contribution in [0.5, 0.6) is 5.75 Å². The van der Waals surface area contributed by atoms with E-state index >= 15 is 0 Å². The molecule has 3 nitrogen and oxygen atoms in total. The Hall–Kier alpha value is -1.16. The SMILES string of the molecule is COc1cc(SC)ccc1C(=O)NC(C)(C)C. The van der Waals surface area contributed by atoms with Gasteiger partial charge >= 0.3 is 0 Å². The van der Waals surface area contributed by atoms with Gasteiger partial charge in [-0.2, -0.15) is 0 Å². The quantitative estimate of drug-likeness (QED) is 0.842. The lowest BCUT2D eigenvalue weighted by molar-refractivity contribution is 0.0916. The standard InChI is InChI=1S/C13H19NO2S/c1-13(2,3)14-12(15)10-7-6-9(17-5)8-11(10)16-4/h6-8H,1-5H3,(H,14,15). The number of carbonyl (C=O) groups excluding carboxylic acids is 1. The molecule has 1 aromatic rings. The highest BCUT2D eigenvalue weighted by Gasteiger charge is 2.18. The van der Waals surface area contributed by atoms with Crippen LogP contribution in [-0.2, 0) is 0 Å². The fraction of sp³-hybridized carbons (Fsp3) is 0.462. The summed E-state index contributed by atoms with van der Waals surface area (Å²) in [5.41, 5.74) is 0.320. The van der Waals surface area contributed by atoms with Gasteiger partial charge in [-0.05, 0) is 45.2 Å². The minimum absolute atomic E-state index is 0.109. The number of methoxy groups -OCH3 is 1. The third kappa shape index (κ3) is 3.97. The molecule has 1 amide bonds. The van der Waals surface area contributed by atoms with Crippen molar-refractivity contribution in [3.05, 3.63) is 23.8 Å². The highest BCUT2D eigenvalue weighted by Crippen LogP contribution is 2.25. The number of hydrogen-bond acceptors (Lipinski definition) is 3. The molecule has 0 aromatic heterocycles. The van der Waals surface area contributed by atoms with Crippen LogP contribution in [0.3, 0.4) is 0 Å². The minimum atomic E-state index is -0.250. The summed E-state index contributed by atoms with van der Waals surface area (Å²) in [7, 11) is 1.58. The van der Waals surface area contributed by atoms with Crippen LogP contribution in [0.1, 0.15) is 31.1 Å². The van der Waals surface area contributed by atoms with Crippen molar-refractivity contribution in [2.45, 2.75) is 31.2 Å². The van der Waals surface area contributed by atoms with Gasteiger partial charge in [0.1, 0.15) is 5.75 Å². The summed E-state index contributed by atoms with van der Waals surface area (Å²) in [6, 6.07) is 5.60. The summed E-state index contributed by atoms with van der Waals surface area (Å²) < 4.78 is 5.25. The zero-order valence-corrected chi connectivity index (χ0v) is 11.8. The van der Waals surface area contributed by atoms with Gasteiger partial charge in [-0.25, -0.2) is 0 Å². The molecule has 0 fully saturated rings. The van der Waals surface area contributed by atoms with Crippen molar-refractivity contribution in [2.24, 2.45) is 0 Å². The van der Waals surface area contributed by atoms with Gasteiger partial charge in [-0.1, -0.05) is 0 Å². The Bertz CT molecular complexity index is 410. The lowest BCUT2D eigenvalue weighted by atomic mass is 10.1. The van der Waals surface area contributed by atoms with Crippen LogP contribution in [0.2, 0.25) is 0 Å². The third-order valence-electron chi connectivity index (χ3n) is 2.14. The van der Waals surface area contributed by atoms with E-state index in [0.29, 0.717) is 11.3 Å². The molecule has 0 aliphatic carbocycles. The second-order valence-electron chi connectivity index (χ2n) is 4.77. The van der Waals surface area contributed by atoms with Gasteiger partial charge in [-0.15, -0.1) is 11.8 Å². The van der Waals surface area contributed by atoms with Crippen molar-refractivity contribution in [1.82, 2.24) is 5.32 Å². The van der Waals surface area contributed by atoms with Crippen molar-refractivity contribution >= 4 is 17.7 Å². The van der Waals surface area contributed by atoms with E-state index in [1.165, 1.54) is 0 Å². The zero-order chi connectivity index (χ0) is 13.1. The average molecular weight is 253 g/mol. The number of amides is 1. The highest BCUT2D eigenvalue weighted by molar-refractivity contribution is 7.98. The fourth-order valence-corrected chi connectivity index (χ4v) is 1.82. The lowest BCUT2D eigenvalue weighted by Gasteiger charge is -2.21. The first-order valence-electron chi connectivity index (χ1n) is 5.42. The predicted octanol–water partition coefficient (Wildman–Crippen LogP) is 2.95. The second kappa shape index (κ2) is 5.45. The van der Waals surface area contributed by atoms with Crippen LogP contribution in [-0.4, -0.2) is 24.8 Å². The monoisotopic (exact) mass is 253 g/mol. The molecule has 0 saturated heterocycles. The predicted molar refractivity (Wildman–Crippen MR) is 72.0 cm³/mol. The zero-order valence-electron chi connectivity index (χ0n) is 11.0. The number of ether oxygens (including phenoxy) is 1. The molecule has 0 aliphatic heterocycles. The summed E-state index contributed by atoms with van der Waals surface area (Å²) in [6.07, 6.45) is 1.99. The molecule has 0 bridgehead atoms. The van der Waals surface area contributed by atoms with Crippen molar-refractivity contribution in [1.29, 1.82) is 0 Å². The van der Waals surface area contributed by atoms with E-state index in [1.54, 1.807) is 24.9 Å². The maximum atomic E-state index is 12.0. The summed E-state index contributed by atoms with van der Waals surface area (Å²) >= 11 is 1.62. The molecule has 17 heavy (non-hydrogen) atoms. The van der Waals surface area contributed by atoms with E-state index in [4.69, 9.17) is 4.74 Å². The molecular weight excluding hydrogens is 234 g/mol. The van der Waals surface area contributed by atoms with Gasteiger partial charge in [0.05, 0.1) is 12.7 Å². The Labute approximate surface area is 107 Å². The molecule has 1 aromatic carbocycles. The van der Waals surface area contributed by atoms with Gasteiger partial charge in [0.2, 0.25) is 0 Å². The molecule has 0 aliphatic rings. The van der Waals surface area contributed by atoms with E-state index in [9.17, 15) is 4.79 Å². The summed E-state index contributed by atoms with van der Waals surface area (Å²) in [6.45, 7) is 5.86. The summed E-state index contributed by atoms with van der Waals surface area (Å²) in [4.78, 5) is 13.1. The molecule has 0 saturated carbocycles. The van der Waals surface area contributed by atoms with E-state index < -0.39 is 0 Å². The van der Waals surface area contributed by atoms with E-state index in [0.717, 1.165) is 4.90 Å². The molecule has 94 valence electrons. The van der Waals surface area contributed by atoms with Gasteiger partial charge in [0, 0.05) is 10.4 Å². The number of carbonyl (C=O) groups is 1. The molecule has 1 N–H and O–H groups in total. The van der Waals surface area contributed by atoms with Crippen LogP contribution in [0.25, 0.3) is 0 Å². The Morgan fingerprint density at radius 3 is 2.47 bits per heavy atom. The van der Waals surface area contributed by atoms with E-state index in [2.05, 4.69) is 5.32 Å². The Kier molecular flexibility index (Phi) is 4.46. The first-order valence-corrected chi connectivity index (χ1v) is 6.64. The summed E-state index contributed by atoms with van der Waals surface area (Å²) in [5.74, 6) is 0.501. The van der Waals surface area contributed by atoms with Gasteiger partial charge < -0.3 is 10.1 Å². The van der Waals surface area contributed by atoms with Crippen molar-refractivity contribution in [3.63, 3.8) is 0 Å². The van der Waals surface area contributed by atoms with Crippen LogP contribution < -0.4 is 10.1 Å². The second-order valence-corrected chi connectivity index (χ2v) is 5.65. The van der Waals surface area contributed by atoms with Crippen LogP contribution in [0.15, 0.2) is 23.1 Å². The Balaban J connectivity index is 3.01. The van der Waals surface area contributed by atoms with Crippen LogP contribution in [0, 0.1) is 0 Å². The van der Waals surface area contributed by atoms with Gasteiger partial charge in [0.15, 0.2) is 0 Å². The Morgan fingerprint density at radius 1 is 1.35 bits per heavy atom. The summed E-state index contributed by atoms with van der Waals surface area (Å²) in [5, 5.41) is 2.92. The van der Waals surface area contributed by atoms with Crippen molar-refractivity contribution in [3.8, 4) is 5.75 Å². The number of thioether (sulfide) groups is 1. The molecule has 4 heteroatoms. The van der Waals surface area contributed by atoms with E-state index in [-0.39, 0.29) is 11.4 Å².